The van der Waals surface area contributed by atoms with Gasteiger partial charge in [-0.1, -0.05) is 19.1 Å². The molecule has 1 rings (SSSR count). The summed E-state index contributed by atoms with van der Waals surface area (Å²) in [7, 11) is 0. The van der Waals surface area contributed by atoms with Gasteiger partial charge < -0.3 is 9.84 Å². The van der Waals surface area contributed by atoms with E-state index < -0.39 is 0 Å². The van der Waals surface area contributed by atoms with Crippen LogP contribution in [0.5, 0.6) is 5.75 Å². The molecule has 0 saturated heterocycles. The second kappa shape index (κ2) is 5.76. The van der Waals surface area contributed by atoms with E-state index in [-0.39, 0.29) is 6.10 Å². The van der Waals surface area contributed by atoms with Crippen LogP contribution in [0.2, 0.25) is 0 Å². The van der Waals surface area contributed by atoms with Crippen molar-refractivity contribution in [2.45, 2.75) is 39.7 Å². The van der Waals surface area contributed by atoms with Crippen LogP contribution >= 0.6 is 0 Å². The number of aryl methyl sites for hydroxylation is 1. The fraction of sp³-hybridized carbons (Fsp3) is 0.538. The van der Waals surface area contributed by atoms with E-state index >= 15 is 0 Å². The first-order valence-electron chi connectivity index (χ1n) is 5.57. The molecule has 1 atom stereocenters. The lowest BCUT2D eigenvalue weighted by Crippen LogP contribution is -2.08. The molecule has 1 aromatic carbocycles. The van der Waals surface area contributed by atoms with E-state index in [0.29, 0.717) is 6.61 Å². The number of hydrogen-bond acceptors (Lipinski definition) is 2. The minimum absolute atomic E-state index is 0.234. The minimum Gasteiger partial charge on any atom is -0.494 e. The summed E-state index contributed by atoms with van der Waals surface area (Å²) in [4.78, 5) is 0. The van der Waals surface area contributed by atoms with Crippen LogP contribution in [0, 0.1) is 6.92 Å². The molecule has 0 fully saturated rings. The third-order valence-electron chi connectivity index (χ3n) is 2.48. The van der Waals surface area contributed by atoms with Gasteiger partial charge in [0.05, 0.1) is 12.7 Å². The van der Waals surface area contributed by atoms with Gasteiger partial charge in [0, 0.05) is 0 Å². The summed E-state index contributed by atoms with van der Waals surface area (Å²) in [5.41, 5.74) is 2.31. The maximum atomic E-state index is 9.54. The molecule has 15 heavy (non-hydrogen) atoms. The Bertz CT molecular complexity index is 307. The predicted octanol–water partition coefficient (Wildman–Crippen LogP) is 2.71. The first-order valence-corrected chi connectivity index (χ1v) is 5.57. The van der Waals surface area contributed by atoms with E-state index in [2.05, 4.69) is 6.07 Å². The zero-order chi connectivity index (χ0) is 11.3. The molecule has 1 aromatic rings. The standard InChI is InChI=1S/C13H20O2/c1-4-12(14)9-11-6-7-13(15-5-2)10(3)8-11/h6-8,12,14H,4-5,9H2,1-3H3/t12-/m0/s1. The lowest BCUT2D eigenvalue weighted by atomic mass is 10.0. The van der Waals surface area contributed by atoms with Crippen molar-refractivity contribution in [1.82, 2.24) is 0 Å². The minimum atomic E-state index is -0.234. The van der Waals surface area contributed by atoms with Crippen LogP contribution in [-0.4, -0.2) is 17.8 Å². The first-order chi connectivity index (χ1) is 7.17. The van der Waals surface area contributed by atoms with Crippen molar-refractivity contribution in [3.05, 3.63) is 29.3 Å². The molecule has 0 saturated carbocycles. The third kappa shape index (κ3) is 3.56. The molecule has 0 amide bonds. The molecular formula is C13H20O2. The molecule has 0 unspecified atom stereocenters. The second-order valence-corrected chi connectivity index (χ2v) is 3.80. The molecular weight excluding hydrogens is 188 g/mol. The number of benzene rings is 1. The Kier molecular flexibility index (Phi) is 4.63. The Labute approximate surface area is 91.9 Å². The fourth-order valence-electron chi connectivity index (χ4n) is 1.57. The van der Waals surface area contributed by atoms with Gasteiger partial charge in [0.1, 0.15) is 5.75 Å². The summed E-state index contributed by atoms with van der Waals surface area (Å²) in [5, 5.41) is 9.54. The normalized spacial score (nSPS) is 12.5. The number of hydrogen-bond donors (Lipinski definition) is 1. The molecule has 0 spiro atoms. The maximum Gasteiger partial charge on any atom is 0.122 e. The molecule has 0 aliphatic heterocycles. The zero-order valence-electron chi connectivity index (χ0n) is 9.79. The van der Waals surface area contributed by atoms with Gasteiger partial charge in [-0.3, -0.25) is 0 Å². The summed E-state index contributed by atoms with van der Waals surface area (Å²) >= 11 is 0. The van der Waals surface area contributed by atoms with Gasteiger partial charge in [-0.2, -0.15) is 0 Å². The highest BCUT2D eigenvalue weighted by molar-refractivity contribution is 5.36. The van der Waals surface area contributed by atoms with Gasteiger partial charge in [0.15, 0.2) is 0 Å². The van der Waals surface area contributed by atoms with Crippen molar-refractivity contribution in [3.63, 3.8) is 0 Å². The lowest BCUT2D eigenvalue weighted by molar-refractivity contribution is 0.171. The average Bonchev–Trinajstić information content (AvgIpc) is 2.22. The van der Waals surface area contributed by atoms with Crippen molar-refractivity contribution < 1.29 is 9.84 Å². The van der Waals surface area contributed by atoms with E-state index in [9.17, 15) is 5.11 Å². The van der Waals surface area contributed by atoms with Crippen LogP contribution in [0.15, 0.2) is 18.2 Å². The summed E-state index contributed by atoms with van der Waals surface area (Å²) in [6.45, 7) is 6.70. The van der Waals surface area contributed by atoms with Crippen LogP contribution in [-0.2, 0) is 6.42 Å². The van der Waals surface area contributed by atoms with E-state index in [4.69, 9.17) is 4.74 Å². The lowest BCUT2D eigenvalue weighted by Gasteiger charge is -2.11. The van der Waals surface area contributed by atoms with Gasteiger partial charge in [-0.25, -0.2) is 0 Å². The SMILES string of the molecule is CCOc1ccc(C[C@@H](O)CC)cc1C. The molecule has 2 nitrogen and oxygen atoms in total. The Balaban J connectivity index is 2.73. The van der Waals surface area contributed by atoms with Crippen LogP contribution in [0.3, 0.4) is 0 Å². The van der Waals surface area contributed by atoms with Crippen molar-refractivity contribution >= 4 is 0 Å². The topological polar surface area (TPSA) is 29.5 Å². The Morgan fingerprint density at radius 3 is 2.60 bits per heavy atom. The Morgan fingerprint density at radius 2 is 2.07 bits per heavy atom. The third-order valence-corrected chi connectivity index (χ3v) is 2.48. The largest absolute Gasteiger partial charge is 0.494 e. The van der Waals surface area contributed by atoms with Crippen molar-refractivity contribution in [2.24, 2.45) is 0 Å². The highest BCUT2D eigenvalue weighted by atomic mass is 16.5. The Morgan fingerprint density at radius 1 is 1.33 bits per heavy atom. The number of aliphatic hydroxyl groups is 1. The smallest absolute Gasteiger partial charge is 0.122 e. The number of rotatable bonds is 5. The molecule has 0 bridgehead atoms. The molecule has 0 heterocycles. The van der Waals surface area contributed by atoms with Crippen molar-refractivity contribution in [2.75, 3.05) is 6.61 Å². The van der Waals surface area contributed by atoms with Crippen LogP contribution < -0.4 is 4.74 Å². The molecule has 0 radical (unpaired) electrons. The monoisotopic (exact) mass is 208 g/mol. The Hall–Kier alpha value is -1.02. The van der Waals surface area contributed by atoms with Gasteiger partial charge >= 0.3 is 0 Å². The van der Waals surface area contributed by atoms with Gasteiger partial charge in [0.2, 0.25) is 0 Å². The fourth-order valence-corrected chi connectivity index (χ4v) is 1.57. The molecule has 0 aliphatic rings. The summed E-state index contributed by atoms with van der Waals surface area (Å²) in [5.74, 6) is 0.937. The molecule has 1 N–H and O–H groups in total. The van der Waals surface area contributed by atoms with Gasteiger partial charge in [-0.15, -0.1) is 0 Å². The average molecular weight is 208 g/mol. The molecule has 2 heteroatoms. The zero-order valence-corrected chi connectivity index (χ0v) is 9.79. The number of ether oxygens (including phenoxy) is 1. The van der Waals surface area contributed by atoms with Crippen LogP contribution in [0.25, 0.3) is 0 Å². The predicted molar refractivity (Wildman–Crippen MR) is 62.3 cm³/mol. The maximum absolute atomic E-state index is 9.54. The van der Waals surface area contributed by atoms with Gasteiger partial charge in [-0.05, 0) is 43.9 Å². The highest BCUT2D eigenvalue weighted by Gasteiger charge is 2.05. The van der Waals surface area contributed by atoms with Crippen LogP contribution in [0.1, 0.15) is 31.4 Å². The van der Waals surface area contributed by atoms with Crippen LogP contribution in [0.4, 0.5) is 0 Å². The quantitative estimate of drug-likeness (QED) is 0.806. The first kappa shape index (κ1) is 12.1. The van der Waals surface area contributed by atoms with Crippen molar-refractivity contribution in [1.29, 1.82) is 0 Å². The summed E-state index contributed by atoms with van der Waals surface area (Å²) < 4.78 is 5.46. The molecule has 0 aliphatic carbocycles. The number of aliphatic hydroxyl groups excluding tert-OH is 1. The molecule has 84 valence electrons. The summed E-state index contributed by atoms with van der Waals surface area (Å²) in [6, 6.07) is 6.09. The summed E-state index contributed by atoms with van der Waals surface area (Å²) in [6.07, 6.45) is 1.29. The van der Waals surface area contributed by atoms with Gasteiger partial charge in [0.25, 0.3) is 0 Å². The van der Waals surface area contributed by atoms with E-state index in [1.165, 1.54) is 5.56 Å². The highest BCUT2D eigenvalue weighted by Crippen LogP contribution is 2.20. The second-order valence-electron chi connectivity index (χ2n) is 3.80. The van der Waals surface area contributed by atoms with E-state index in [1.807, 2.05) is 32.9 Å². The van der Waals surface area contributed by atoms with Crippen molar-refractivity contribution in [3.8, 4) is 5.75 Å². The van der Waals surface area contributed by atoms with E-state index in [0.717, 1.165) is 24.2 Å². The molecule has 0 aromatic heterocycles. The van der Waals surface area contributed by atoms with E-state index in [1.54, 1.807) is 0 Å².